The lowest BCUT2D eigenvalue weighted by Gasteiger charge is -2.21. The van der Waals surface area contributed by atoms with Crippen LogP contribution in [-0.2, 0) is 26.2 Å². The van der Waals surface area contributed by atoms with Crippen LogP contribution in [0.25, 0.3) is 0 Å². The number of hydrogen-bond donors (Lipinski definition) is 2. The van der Waals surface area contributed by atoms with Crippen LogP contribution in [0, 0.1) is 19.8 Å². The van der Waals surface area contributed by atoms with Crippen molar-refractivity contribution in [2.75, 3.05) is 11.9 Å². The van der Waals surface area contributed by atoms with E-state index >= 15 is 0 Å². The summed E-state index contributed by atoms with van der Waals surface area (Å²) in [6.07, 6.45) is 0.637. The fraction of sp³-hybridized carbons (Fsp3) is 0.611. The van der Waals surface area contributed by atoms with Crippen LogP contribution in [0.3, 0.4) is 0 Å². The Morgan fingerprint density at radius 1 is 1.36 bits per heavy atom. The quantitative estimate of drug-likeness (QED) is 0.542. The number of ether oxygens (including phenoxy) is 1. The van der Waals surface area contributed by atoms with Crippen molar-refractivity contribution in [1.82, 2.24) is 20.0 Å². The average molecular weight is 391 g/mol. The molecule has 1 aromatic heterocycles. The molecule has 1 saturated heterocycles. The molecular weight excluding hydrogens is 366 g/mol. The summed E-state index contributed by atoms with van der Waals surface area (Å²) in [6.45, 7) is 6.13. The molecular formula is C18H25N5O5. The number of esters is 1. The Morgan fingerprint density at radius 2 is 2.00 bits per heavy atom. The second-order valence-corrected chi connectivity index (χ2v) is 7.59. The molecule has 1 aliphatic heterocycles. The molecule has 2 fully saturated rings. The summed E-state index contributed by atoms with van der Waals surface area (Å²) < 4.78 is 6.76. The number of hydrogen-bond acceptors (Lipinski definition) is 6. The van der Waals surface area contributed by atoms with Gasteiger partial charge in [0.05, 0.1) is 17.1 Å². The Balaban J connectivity index is 1.57. The number of nitrogens with one attached hydrogen (secondary N) is 2. The van der Waals surface area contributed by atoms with Crippen LogP contribution >= 0.6 is 0 Å². The van der Waals surface area contributed by atoms with Crippen molar-refractivity contribution in [1.29, 1.82) is 0 Å². The normalized spacial score (nSPS) is 22.8. The molecule has 28 heavy (non-hydrogen) atoms. The van der Waals surface area contributed by atoms with Crippen LogP contribution in [0.15, 0.2) is 0 Å². The minimum absolute atomic E-state index is 0.0978. The van der Waals surface area contributed by atoms with E-state index in [1.165, 1.54) is 6.92 Å². The number of nitrogens with zero attached hydrogens (tertiary/aromatic N) is 3. The van der Waals surface area contributed by atoms with Crippen molar-refractivity contribution in [2.45, 2.75) is 52.2 Å². The van der Waals surface area contributed by atoms with Crippen molar-refractivity contribution >= 4 is 29.5 Å². The molecule has 1 aromatic rings. The summed E-state index contributed by atoms with van der Waals surface area (Å²) >= 11 is 0. The highest BCUT2D eigenvalue weighted by Crippen LogP contribution is 2.42. The van der Waals surface area contributed by atoms with Crippen molar-refractivity contribution in [3.63, 3.8) is 0 Å². The van der Waals surface area contributed by atoms with Gasteiger partial charge in [0, 0.05) is 7.05 Å². The summed E-state index contributed by atoms with van der Waals surface area (Å²) in [6, 6.07) is -0.616. The van der Waals surface area contributed by atoms with Crippen molar-refractivity contribution in [2.24, 2.45) is 13.0 Å². The number of amides is 4. The standard InChI is InChI=1S/C18H25N5O5/c1-9-14(10(2)22(5)21-9)19-15(25)11(3)28-13(24)8-23-16(26)18(4,12-6-7-12)20-17(23)27/h11-12H,6-8H2,1-5H3,(H,19,25)(H,20,27)/t11-,18-/m0/s1. The number of carbonyl (C=O) groups excluding carboxylic acids is 4. The molecule has 2 heterocycles. The van der Waals surface area contributed by atoms with Crippen LogP contribution in [0.2, 0.25) is 0 Å². The predicted octanol–water partition coefficient (Wildman–Crippen LogP) is 0.628. The molecule has 2 atom stereocenters. The monoisotopic (exact) mass is 391 g/mol. The van der Waals surface area contributed by atoms with Crippen molar-refractivity contribution in [3.05, 3.63) is 11.4 Å². The zero-order chi connectivity index (χ0) is 20.8. The van der Waals surface area contributed by atoms with Gasteiger partial charge in [-0.05, 0) is 46.5 Å². The molecule has 0 bridgehead atoms. The van der Waals surface area contributed by atoms with Crippen LogP contribution < -0.4 is 10.6 Å². The van der Waals surface area contributed by atoms with Crippen LogP contribution in [-0.4, -0.2) is 56.7 Å². The molecule has 3 rings (SSSR count). The third-order valence-electron chi connectivity index (χ3n) is 5.42. The van der Waals surface area contributed by atoms with E-state index in [9.17, 15) is 19.2 Å². The van der Waals surface area contributed by atoms with E-state index in [0.29, 0.717) is 11.4 Å². The minimum Gasteiger partial charge on any atom is -0.451 e. The number of rotatable bonds is 6. The molecule has 1 saturated carbocycles. The van der Waals surface area contributed by atoms with Gasteiger partial charge in [-0.15, -0.1) is 0 Å². The van der Waals surface area contributed by atoms with E-state index in [0.717, 1.165) is 23.4 Å². The summed E-state index contributed by atoms with van der Waals surface area (Å²) in [5, 5.41) is 9.56. The van der Waals surface area contributed by atoms with Gasteiger partial charge in [0.2, 0.25) is 0 Å². The number of aromatic nitrogens is 2. The number of aryl methyl sites for hydroxylation is 2. The molecule has 10 heteroatoms. The maximum atomic E-state index is 12.5. The Morgan fingerprint density at radius 3 is 2.54 bits per heavy atom. The molecule has 152 valence electrons. The lowest BCUT2D eigenvalue weighted by atomic mass is 9.96. The number of carbonyl (C=O) groups is 4. The second kappa shape index (κ2) is 6.92. The van der Waals surface area contributed by atoms with E-state index in [-0.39, 0.29) is 5.92 Å². The molecule has 10 nitrogen and oxygen atoms in total. The maximum Gasteiger partial charge on any atom is 0.327 e. The fourth-order valence-electron chi connectivity index (χ4n) is 3.39. The third kappa shape index (κ3) is 3.46. The Hall–Kier alpha value is -2.91. The zero-order valence-electron chi connectivity index (χ0n) is 16.7. The number of anilines is 1. The van der Waals surface area contributed by atoms with Gasteiger partial charge in [-0.2, -0.15) is 5.10 Å². The van der Waals surface area contributed by atoms with Gasteiger partial charge in [0.1, 0.15) is 12.1 Å². The first kappa shape index (κ1) is 19.8. The lowest BCUT2D eigenvalue weighted by Crippen LogP contribution is -2.46. The second-order valence-electron chi connectivity index (χ2n) is 7.59. The summed E-state index contributed by atoms with van der Waals surface area (Å²) in [5.74, 6) is -1.69. The maximum absolute atomic E-state index is 12.5. The van der Waals surface area contributed by atoms with E-state index < -0.39 is 42.0 Å². The zero-order valence-corrected chi connectivity index (χ0v) is 16.7. The van der Waals surface area contributed by atoms with Gasteiger partial charge in [-0.3, -0.25) is 24.0 Å². The Kier molecular flexibility index (Phi) is 4.90. The molecule has 2 N–H and O–H groups in total. The molecule has 1 aliphatic carbocycles. The molecule has 0 aromatic carbocycles. The lowest BCUT2D eigenvalue weighted by molar-refractivity contribution is -0.155. The van der Waals surface area contributed by atoms with Gasteiger partial charge < -0.3 is 15.4 Å². The largest absolute Gasteiger partial charge is 0.451 e. The first-order chi connectivity index (χ1) is 13.0. The van der Waals surface area contributed by atoms with Crippen LogP contribution in [0.1, 0.15) is 38.1 Å². The van der Waals surface area contributed by atoms with E-state index in [2.05, 4.69) is 15.7 Å². The SMILES string of the molecule is Cc1nn(C)c(C)c1NC(=O)[C@H](C)OC(=O)CN1C(=O)N[C@@](C)(C2CC2)C1=O. The van der Waals surface area contributed by atoms with Gasteiger partial charge in [-0.25, -0.2) is 4.79 Å². The highest BCUT2D eigenvalue weighted by Gasteiger charge is 2.56. The van der Waals surface area contributed by atoms with E-state index in [1.54, 1.807) is 32.5 Å². The number of urea groups is 1. The molecule has 0 spiro atoms. The summed E-state index contributed by atoms with van der Waals surface area (Å²) in [4.78, 5) is 50.0. The summed E-state index contributed by atoms with van der Waals surface area (Å²) in [7, 11) is 1.76. The van der Waals surface area contributed by atoms with Crippen molar-refractivity contribution in [3.8, 4) is 0 Å². The highest BCUT2D eigenvalue weighted by atomic mass is 16.5. The smallest absolute Gasteiger partial charge is 0.327 e. The minimum atomic E-state index is -1.10. The van der Waals surface area contributed by atoms with E-state index in [4.69, 9.17) is 4.74 Å². The molecule has 0 unspecified atom stereocenters. The third-order valence-corrected chi connectivity index (χ3v) is 5.42. The molecule has 2 aliphatic rings. The van der Waals surface area contributed by atoms with Gasteiger partial charge >= 0.3 is 12.0 Å². The van der Waals surface area contributed by atoms with Crippen LogP contribution in [0.4, 0.5) is 10.5 Å². The van der Waals surface area contributed by atoms with E-state index in [1.807, 2.05) is 0 Å². The Labute approximate surface area is 162 Å². The first-order valence-electron chi connectivity index (χ1n) is 9.19. The number of imide groups is 1. The fourth-order valence-corrected chi connectivity index (χ4v) is 3.39. The van der Waals surface area contributed by atoms with Crippen molar-refractivity contribution < 1.29 is 23.9 Å². The van der Waals surface area contributed by atoms with Gasteiger partial charge in [-0.1, -0.05) is 0 Å². The first-order valence-corrected chi connectivity index (χ1v) is 9.19. The predicted molar refractivity (Wildman–Crippen MR) is 98.2 cm³/mol. The summed E-state index contributed by atoms with van der Waals surface area (Å²) in [5.41, 5.74) is 1.01. The highest BCUT2D eigenvalue weighted by molar-refractivity contribution is 6.09. The van der Waals surface area contributed by atoms with Gasteiger partial charge in [0.15, 0.2) is 6.10 Å². The van der Waals surface area contributed by atoms with Gasteiger partial charge in [0.25, 0.3) is 11.8 Å². The topological polar surface area (TPSA) is 123 Å². The Bertz CT molecular complexity index is 859. The van der Waals surface area contributed by atoms with Crippen LogP contribution in [0.5, 0.6) is 0 Å². The molecule has 0 radical (unpaired) electrons. The molecule has 4 amide bonds. The average Bonchev–Trinajstić information content (AvgIpc) is 3.41.